The molecule has 0 radical (unpaired) electrons. The van der Waals surface area contributed by atoms with E-state index in [0.29, 0.717) is 5.92 Å². The smallest absolute Gasteiger partial charge is 0.315 e. The first kappa shape index (κ1) is 11.3. The average molecular weight is 202 g/mol. The van der Waals surface area contributed by atoms with E-state index >= 15 is 0 Å². The SMILES string of the molecule is CC(C)c1ccc(C#CCC(=O)O)cc1. The molecule has 0 aliphatic rings. The van der Waals surface area contributed by atoms with E-state index in [1.165, 1.54) is 5.56 Å². The number of carbonyl (C=O) groups is 1. The molecule has 15 heavy (non-hydrogen) atoms. The van der Waals surface area contributed by atoms with Gasteiger partial charge in [0.25, 0.3) is 0 Å². The Morgan fingerprint density at radius 3 is 2.40 bits per heavy atom. The van der Waals surface area contributed by atoms with Gasteiger partial charge < -0.3 is 5.11 Å². The number of aliphatic carboxylic acids is 1. The fourth-order valence-electron chi connectivity index (χ4n) is 1.17. The lowest BCUT2D eigenvalue weighted by atomic mass is 10.0. The Morgan fingerprint density at radius 2 is 1.93 bits per heavy atom. The van der Waals surface area contributed by atoms with E-state index in [4.69, 9.17) is 5.11 Å². The zero-order valence-electron chi connectivity index (χ0n) is 8.95. The normalized spacial score (nSPS) is 9.53. The maximum Gasteiger partial charge on any atom is 0.315 e. The third-order valence-electron chi connectivity index (χ3n) is 2.05. The van der Waals surface area contributed by atoms with Gasteiger partial charge in [0.1, 0.15) is 6.42 Å². The molecule has 1 rings (SSSR count). The molecule has 0 atom stereocenters. The summed E-state index contributed by atoms with van der Waals surface area (Å²) in [5.74, 6) is 5.03. The van der Waals surface area contributed by atoms with Crippen molar-refractivity contribution in [3.05, 3.63) is 35.4 Å². The van der Waals surface area contributed by atoms with Crippen molar-refractivity contribution >= 4 is 5.97 Å². The first-order valence-electron chi connectivity index (χ1n) is 4.90. The van der Waals surface area contributed by atoms with E-state index in [-0.39, 0.29) is 6.42 Å². The van der Waals surface area contributed by atoms with Crippen LogP contribution in [-0.4, -0.2) is 11.1 Å². The second-order valence-corrected chi connectivity index (χ2v) is 3.65. The second-order valence-electron chi connectivity index (χ2n) is 3.65. The minimum Gasteiger partial charge on any atom is -0.481 e. The lowest BCUT2D eigenvalue weighted by Gasteiger charge is -2.03. The van der Waals surface area contributed by atoms with Crippen LogP contribution in [0.5, 0.6) is 0 Å². The number of carboxylic acid groups (broad SMARTS) is 1. The van der Waals surface area contributed by atoms with Crippen LogP contribution in [0.4, 0.5) is 0 Å². The van der Waals surface area contributed by atoms with Gasteiger partial charge in [0, 0.05) is 5.56 Å². The predicted octanol–water partition coefficient (Wildman–Crippen LogP) is 2.64. The Hall–Kier alpha value is -1.75. The Balaban J connectivity index is 2.71. The van der Waals surface area contributed by atoms with Crippen molar-refractivity contribution in [2.45, 2.75) is 26.2 Å². The largest absolute Gasteiger partial charge is 0.481 e. The van der Waals surface area contributed by atoms with Crippen molar-refractivity contribution < 1.29 is 9.90 Å². The van der Waals surface area contributed by atoms with Crippen LogP contribution in [0.15, 0.2) is 24.3 Å². The van der Waals surface area contributed by atoms with Crippen molar-refractivity contribution in [2.24, 2.45) is 0 Å². The van der Waals surface area contributed by atoms with Crippen LogP contribution in [0.25, 0.3) is 0 Å². The first-order chi connectivity index (χ1) is 7.09. The lowest BCUT2D eigenvalue weighted by molar-refractivity contribution is -0.135. The van der Waals surface area contributed by atoms with Crippen molar-refractivity contribution in [2.75, 3.05) is 0 Å². The quantitative estimate of drug-likeness (QED) is 0.748. The Labute approximate surface area is 89.9 Å². The van der Waals surface area contributed by atoms with Gasteiger partial charge in [0.05, 0.1) is 0 Å². The minimum atomic E-state index is -0.888. The summed E-state index contributed by atoms with van der Waals surface area (Å²) in [5.41, 5.74) is 2.12. The van der Waals surface area contributed by atoms with Crippen molar-refractivity contribution in [3.63, 3.8) is 0 Å². The number of carboxylic acids is 1. The van der Waals surface area contributed by atoms with E-state index in [2.05, 4.69) is 25.7 Å². The van der Waals surface area contributed by atoms with Crippen LogP contribution in [-0.2, 0) is 4.79 Å². The average Bonchev–Trinajstić information content (AvgIpc) is 2.18. The third-order valence-corrected chi connectivity index (χ3v) is 2.05. The molecule has 78 valence electrons. The Morgan fingerprint density at radius 1 is 1.33 bits per heavy atom. The molecule has 0 spiro atoms. The van der Waals surface area contributed by atoms with Gasteiger partial charge in [0.2, 0.25) is 0 Å². The molecule has 2 heteroatoms. The number of benzene rings is 1. The molecule has 0 aliphatic carbocycles. The summed E-state index contributed by atoms with van der Waals surface area (Å²) < 4.78 is 0. The summed E-state index contributed by atoms with van der Waals surface area (Å²) in [6, 6.07) is 7.89. The highest BCUT2D eigenvalue weighted by Gasteiger charge is 1.97. The van der Waals surface area contributed by atoms with Gasteiger partial charge >= 0.3 is 5.97 Å². The van der Waals surface area contributed by atoms with Crippen molar-refractivity contribution in [1.29, 1.82) is 0 Å². The van der Waals surface area contributed by atoms with Crippen LogP contribution in [0.1, 0.15) is 37.3 Å². The molecule has 0 unspecified atom stereocenters. The zero-order valence-corrected chi connectivity index (χ0v) is 8.95. The maximum absolute atomic E-state index is 10.2. The molecule has 1 aromatic carbocycles. The van der Waals surface area contributed by atoms with Crippen LogP contribution in [0.3, 0.4) is 0 Å². The summed E-state index contributed by atoms with van der Waals surface area (Å²) in [5, 5.41) is 8.41. The molecule has 1 aromatic rings. The van der Waals surface area contributed by atoms with Gasteiger partial charge in [0.15, 0.2) is 0 Å². The van der Waals surface area contributed by atoms with Crippen LogP contribution < -0.4 is 0 Å². The molecule has 0 heterocycles. The maximum atomic E-state index is 10.2. The molecule has 1 N–H and O–H groups in total. The molecule has 2 nitrogen and oxygen atoms in total. The highest BCUT2D eigenvalue weighted by Crippen LogP contribution is 2.14. The van der Waals surface area contributed by atoms with Gasteiger partial charge in [-0.3, -0.25) is 4.79 Å². The van der Waals surface area contributed by atoms with E-state index in [9.17, 15) is 4.79 Å². The van der Waals surface area contributed by atoms with Crippen LogP contribution in [0.2, 0.25) is 0 Å². The summed E-state index contributed by atoms with van der Waals surface area (Å²) in [6.07, 6.45) is -0.105. The van der Waals surface area contributed by atoms with Crippen molar-refractivity contribution in [3.8, 4) is 11.8 Å². The van der Waals surface area contributed by atoms with Gasteiger partial charge in [-0.2, -0.15) is 0 Å². The fraction of sp³-hybridized carbons (Fsp3) is 0.308. The van der Waals surface area contributed by atoms with Crippen LogP contribution in [0, 0.1) is 11.8 Å². The summed E-state index contributed by atoms with van der Waals surface area (Å²) in [7, 11) is 0. The van der Waals surface area contributed by atoms with Gasteiger partial charge in [-0.25, -0.2) is 0 Å². The van der Waals surface area contributed by atoms with Crippen molar-refractivity contribution in [1.82, 2.24) is 0 Å². The van der Waals surface area contributed by atoms with E-state index < -0.39 is 5.97 Å². The molecule has 0 aliphatic heterocycles. The summed E-state index contributed by atoms with van der Waals surface area (Å²) >= 11 is 0. The molecule has 0 saturated heterocycles. The standard InChI is InChI=1S/C13H14O2/c1-10(2)12-8-6-11(7-9-12)4-3-5-13(14)15/h6-10H,5H2,1-2H3,(H,14,15). The highest BCUT2D eigenvalue weighted by molar-refractivity contribution is 5.70. The predicted molar refractivity (Wildman–Crippen MR) is 59.7 cm³/mol. The second kappa shape index (κ2) is 5.21. The Bertz CT molecular complexity index is 391. The minimum absolute atomic E-state index is 0.105. The van der Waals surface area contributed by atoms with E-state index in [1.807, 2.05) is 24.3 Å². The van der Waals surface area contributed by atoms with E-state index in [1.54, 1.807) is 0 Å². The monoisotopic (exact) mass is 202 g/mol. The third kappa shape index (κ3) is 3.86. The van der Waals surface area contributed by atoms with Gasteiger partial charge in [-0.05, 0) is 23.6 Å². The van der Waals surface area contributed by atoms with Gasteiger partial charge in [-0.1, -0.05) is 37.8 Å². The number of hydrogen-bond donors (Lipinski definition) is 1. The zero-order chi connectivity index (χ0) is 11.3. The highest BCUT2D eigenvalue weighted by atomic mass is 16.4. The molecule has 0 aromatic heterocycles. The topological polar surface area (TPSA) is 37.3 Å². The summed E-state index contributed by atoms with van der Waals surface area (Å²) in [6.45, 7) is 4.26. The molecule has 0 fully saturated rings. The molecule has 0 amide bonds. The summed E-state index contributed by atoms with van der Waals surface area (Å²) in [4.78, 5) is 10.2. The Kier molecular flexibility index (Phi) is 3.93. The molecular weight excluding hydrogens is 188 g/mol. The number of hydrogen-bond acceptors (Lipinski definition) is 1. The molecule has 0 saturated carbocycles. The molecule has 0 bridgehead atoms. The number of rotatable bonds is 2. The van der Waals surface area contributed by atoms with E-state index in [0.717, 1.165) is 5.56 Å². The molecular formula is C13H14O2. The first-order valence-corrected chi connectivity index (χ1v) is 4.90. The lowest BCUT2D eigenvalue weighted by Crippen LogP contribution is -1.90. The fourth-order valence-corrected chi connectivity index (χ4v) is 1.17. The van der Waals surface area contributed by atoms with Crippen LogP contribution >= 0.6 is 0 Å². The van der Waals surface area contributed by atoms with Gasteiger partial charge in [-0.15, -0.1) is 0 Å².